The number of amides is 1. The highest BCUT2D eigenvalue weighted by atomic mass is 16.5. The van der Waals surface area contributed by atoms with Gasteiger partial charge in [-0.3, -0.25) is 4.79 Å². The topological polar surface area (TPSA) is 76.7 Å². The van der Waals surface area contributed by atoms with Crippen LogP contribution in [0.1, 0.15) is 84.8 Å². The van der Waals surface area contributed by atoms with Crippen LogP contribution in [0.3, 0.4) is 0 Å². The minimum Gasteiger partial charge on any atom is -0.465 e. The van der Waals surface area contributed by atoms with Crippen LogP contribution < -0.4 is 10.6 Å². The van der Waals surface area contributed by atoms with E-state index in [1.54, 1.807) is 7.11 Å². The van der Waals surface area contributed by atoms with Gasteiger partial charge < -0.3 is 20.1 Å². The van der Waals surface area contributed by atoms with E-state index in [4.69, 9.17) is 9.47 Å². The first-order valence-electron chi connectivity index (χ1n) is 14.6. The van der Waals surface area contributed by atoms with Crippen molar-refractivity contribution in [2.45, 2.75) is 76.4 Å². The molecule has 208 valence electrons. The van der Waals surface area contributed by atoms with Gasteiger partial charge in [0.2, 0.25) is 5.91 Å². The number of allylic oxidation sites excluding steroid dienone is 1. The zero-order valence-electron chi connectivity index (χ0n) is 23.3. The van der Waals surface area contributed by atoms with Crippen LogP contribution in [0, 0.1) is 11.8 Å². The molecule has 2 saturated carbocycles. The van der Waals surface area contributed by atoms with Crippen LogP contribution in [-0.2, 0) is 20.7 Å². The van der Waals surface area contributed by atoms with Gasteiger partial charge >= 0.3 is 5.97 Å². The Labute approximate surface area is 232 Å². The quantitative estimate of drug-likeness (QED) is 0.447. The Kier molecular flexibility index (Phi) is 9.02. The number of methoxy groups -OCH3 is 2. The number of hydrogen-bond acceptors (Lipinski definition) is 5. The summed E-state index contributed by atoms with van der Waals surface area (Å²) >= 11 is 0. The van der Waals surface area contributed by atoms with Crippen LogP contribution in [0.2, 0.25) is 0 Å². The van der Waals surface area contributed by atoms with E-state index in [0.29, 0.717) is 18.0 Å². The predicted molar refractivity (Wildman–Crippen MR) is 156 cm³/mol. The van der Waals surface area contributed by atoms with Crippen LogP contribution in [0.5, 0.6) is 0 Å². The lowest BCUT2D eigenvalue weighted by atomic mass is 9.79. The van der Waals surface area contributed by atoms with Gasteiger partial charge in [-0.1, -0.05) is 62.1 Å². The maximum absolute atomic E-state index is 13.4. The van der Waals surface area contributed by atoms with E-state index in [-0.39, 0.29) is 29.9 Å². The summed E-state index contributed by atoms with van der Waals surface area (Å²) in [5.41, 5.74) is 6.36. The fourth-order valence-electron chi connectivity index (χ4n) is 6.63. The molecule has 2 aliphatic carbocycles. The van der Waals surface area contributed by atoms with Gasteiger partial charge in [-0.2, -0.15) is 0 Å². The first kappa shape index (κ1) is 27.4. The SMILES string of the molecule is COC(=O)c1ccc2c(c1)NCC(NC(=O)C1CCCC(OC)C1)Cc1ccccc1/C=C/2C1CCCCC1. The lowest BCUT2D eigenvalue weighted by molar-refractivity contribution is -0.128. The maximum Gasteiger partial charge on any atom is 0.337 e. The average Bonchev–Trinajstić information content (AvgIpc) is 2.99. The molecular formula is C33H42N2O4. The van der Waals surface area contributed by atoms with Gasteiger partial charge in [0.1, 0.15) is 0 Å². The molecule has 39 heavy (non-hydrogen) atoms. The molecule has 1 aliphatic heterocycles. The van der Waals surface area contributed by atoms with Crippen LogP contribution in [0.15, 0.2) is 42.5 Å². The Hall–Kier alpha value is -3.12. The molecular weight excluding hydrogens is 488 g/mol. The molecule has 2 aromatic rings. The van der Waals surface area contributed by atoms with E-state index < -0.39 is 0 Å². The molecule has 1 heterocycles. The van der Waals surface area contributed by atoms with Crippen molar-refractivity contribution >= 4 is 29.2 Å². The second-order valence-electron chi connectivity index (χ2n) is 11.4. The third kappa shape index (κ3) is 6.55. The molecule has 0 bridgehead atoms. The zero-order chi connectivity index (χ0) is 27.2. The summed E-state index contributed by atoms with van der Waals surface area (Å²) in [6, 6.07) is 14.3. The van der Waals surface area contributed by atoms with E-state index in [9.17, 15) is 9.59 Å². The summed E-state index contributed by atoms with van der Waals surface area (Å²) in [7, 11) is 3.15. The Morgan fingerprint density at radius 1 is 0.949 bits per heavy atom. The van der Waals surface area contributed by atoms with E-state index in [1.807, 2.05) is 12.1 Å². The second kappa shape index (κ2) is 12.8. The summed E-state index contributed by atoms with van der Waals surface area (Å²) in [6.45, 7) is 0.566. The molecule has 1 amide bonds. The number of anilines is 1. The molecule has 2 N–H and O–H groups in total. The number of fused-ring (bicyclic) bond motifs is 2. The highest BCUT2D eigenvalue weighted by Gasteiger charge is 2.29. The minimum absolute atomic E-state index is 0.0228. The first-order chi connectivity index (χ1) is 19.1. The Bertz CT molecular complexity index is 1200. The molecule has 3 atom stereocenters. The zero-order valence-corrected chi connectivity index (χ0v) is 23.3. The van der Waals surface area contributed by atoms with Crippen molar-refractivity contribution in [1.29, 1.82) is 0 Å². The average molecular weight is 531 g/mol. The van der Waals surface area contributed by atoms with Crippen molar-refractivity contribution < 1.29 is 19.1 Å². The number of rotatable bonds is 5. The number of hydrogen-bond donors (Lipinski definition) is 2. The van der Waals surface area contributed by atoms with E-state index in [2.05, 4.69) is 47.0 Å². The molecule has 0 spiro atoms. The molecule has 0 radical (unpaired) electrons. The molecule has 6 nitrogen and oxygen atoms in total. The van der Waals surface area contributed by atoms with E-state index >= 15 is 0 Å². The molecule has 0 aromatic heterocycles. The van der Waals surface area contributed by atoms with Crippen molar-refractivity contribution in [1.82, 2.24) is 5.32 Å². The fraction of sp³-hybridized carbons (Fsp3) is 0.515. The van der Waals surface area contributed by atoms with Crippen LogP contribution in [0.4, 0.5) is 5.69 Å². The highest BCUT2D eigenvalue weighted by molar-refractivity contribution is 5.94. The first-order valence-corrected chi connectivity index (χ1v) is 14.6. The summed E-state index contributed by atoms with van der Waals surface area (Å²) < 4.78 is 10.6. The number of carbonyl (C=O) groups is 2. The van der Waals surface area contributed by atoms with Crippen molar-refractivity contribution in [2.75, 3.05) is 26.1 Å². The number of nitrogens with one attached hydrogen (secondary N) is 2. The Balaban J connectivity index is 1.51. The third-order valence-corrected chi connectivity index (χ3v) is 8.84. The van der Waals surface area contributed by atoms with Gasteiger partial charge in [-0.25, -0.2) is 4.79 Å². The summed E-state index contributed by atoms with van der Waals surface area (Å²) in [4.78, 5) is 25.8. The third-order valence-electron chi connectivity index (χ3n) is 8.84. The lowest BCUT2D eigenvalue weighted by Crippen LogP contribution is -2.45. The fourth-order valence-corrected chi connectivity index (χ4v) is 6.63. The Morgan fingerprint density at radius 3 is 2.56 bits per heavy atom. The van der Waals surface area contributed by atoms with Gasteiger partial charge in [0, 0.05) is 30.8 Å². The second-order valence-corrected chi connectivity index (χ2v) is 11.4. The monoisotopic (exact) mass is 530 g/mol. The molecule has 5 rings (SSSR count). The predicted octanol–water partition coefficient (Wildman–Crippen LogP) is 6.25. The van der Waals surface area contributed by atoms with Gasteiger partial charge in [0.25, 0.3) is 0 Å². The van der Waals surface area contributed by atoms with E-state index in [0.717, 1.165) is 43.4 Å². The lowest BCUT2D eigenvalue weighted by Gasteiger charge is -2.31. The normalized spacial score (nSPS) is 25.2. The van der Waals surface area contributed by atoms with Gasteiger partial charge in [-0.15, -0.1) is 0 Å². The minimum atomic E-state index is -0.347. The van der Waals surface area contributed by atoms with Gasteiger partial charge in [0.15, 0.2) is 0 Å². The summed E-state index contributed by atoms with van der Waals surface area (Å²) in [5.74, 6) is 0.219. The summed E-state index contributed by atoms with van der Waals surface area (Å²) in [6.07, 6.45) is 13.1. The van der Waals surface area contributed by atoms with Gasteiger partial charge in [0.05, 0.1) is 24.8 Å². The maximum atomic E-state index is 13.4. The molecule has 3 aliphatic rings. The standard InChI is InChI=1S/C33H42N2O4/c1-38-28-14-8-13-25(18-28)32(36)35-27-17-23-11-6-7-12-24(23)19-30(22-9-4-3-5-10-22)29-16-15-26(33(37)39-2)20-31(29)34-21-27/h6-7,11-12,15-16,19-20,22,25,27-28,34H,3-5,8-10,13-14,17-18,21H2,1-2H3,(H,35,36)/b30-19+. The van der Waals surface area contributed by atoms with Crippen molar-refractivity contribution in [3.05, 3.63) is 64.7 Å². The number of carbonyl (C=O) groups excluding carboxylic acids is 2. The van der Waals surface area contributed by atoms with Crippen molar-refractivity contribution in [3.63, 3.8) is 0 Å². The van der Waals surface area contributed by atoms with Crippen molar-refractivity contribution in [2.24, 2.45) is 11.8 Å². The van der Waals surface area contributed by atoms with Crippen LogP contribution >= 0.6 is 0 Å². The molecule has 2 aromatic carbocycles. The molecule has 6 heteroatoms. The number of benzene rings is 2. The number of ether oxygens (including phenoxy) is 2. The van der Waals surface area contributed by atoms with Crippen LogP contribution in [0.25, 0.3) is 11.6 Å². The molecule has 0 saturated heterocycles. The van der Waals surface area contributed by atoms with Crippen LogP contribution in [-0.4, -0.2) is 44.8 Å². The Morgan fingerprint density at radius 2 is 1.77 bits per heavy atom. The largest absolute Gasteiger partial charge is 0.465 e. The number of esters is 1. The highest BCUT2D eigenvalue weighted by Crippen LogP contribution is 2.40. The van der Waals surface area contributed by atoms with E-state index in [1.165, 1.54) is 55.9 Å². The summed E-state index contributed by atoms with van der Waals surface area (Å²) in [5, 5.41) is 7.02. The molecule has 2 fully saturated rings. The van der Waals surface area contributed by atoms with Crippen molar-refractivity contribution in [3.8, 4) is 0 Å². The smallest absolute Gasteiger partial charge is 0.337 e. The van der Waals surface area contributed by atoms with Gasteiger partial charge in [-0.05, 0) is 73.3 Å². The molecule has 3 unspecified atom stereocenters.